The summed E-state index contributed by atoms with van der Waals surface area (Å²) in [6.45, 7) is 5.25. The van der Waals surface area contributed by atoms with E-state index in [2.05, 4.69) is 15.6 Å². The number of hydrogen-bond donors (Lipinski definition) is 2. The molecule has 1 fully saturated rings. The average Bonchev–Trinajstić information content (AvgIpc) is 2.75. The molecule has 1 aliphatic rings. The van der Waals surface area contributed by atoms with E-state index >= 15 is 0 Å². The zero-order valence-corrected chi connectivity index (χ0v) is 17.6. The Morgan fingerprint density at radius 1 is 1.27 bits per heavy atom. The maximum absolute atomic E-state index is 12.9. The molecule has 0 radical (unpaired) electrons. The highest BCUT2D eigenvalue weighted by molar-refractivity contribution is 5.79. The van der Waals surface area contributed by atoms with Crippen molar-refractivity contribution in [3.8, 4) is 5.75 Å². The van der Waals surface area contributed by atoms with Gasteiger partial charge in [0.15, 0.2) is 5.96 Å². The van der Waals surface area contributed by atoms with Gasteiger partial charge in [-0.1, -0.05) is 13.0 Å². The van der Waals surface area contributed by atoms with Crippen molar-refractivity contribution in [3.05, 3.63) is 29.8 Å². The number of nitrogens with zero attached hydrogens (tertiary/aromatic N) is 1. The molecule has 1 aromatic rings. The van der Waals surface area contributed by atoms with E-state index in [1.165, 1.54) is 12.1 Å². The van der Waals surface area contributed by atoms with Gasteiger partial charge < -0.3 is 24.8 Å². The molecule has 1 heterocycles. The quantitative estimate of drug-likeness (QED) is 0.337. The fourth-order valence-corrected chi connectivity index (χ4v) is 3.01. The third-order valence-electron chi connectivity index (χ3n) is 4.78. The van der Waals surface area contributed by atoms with E-state index in [4.69, 9.17) is 14.2 Å². The molecule has 9 heteroatoms. The van der Waals surface area contributed by atoms with Crippen molar-refractivity contribution < 1.29 is 27.4 Å². The predicted octanol–water partition coefficient (Wildman–Crippen LogP) is 3.61. The summed E-state index contributed by atoms with van der Waals surface area (Å²) in [4.78, 5) is 4.17. The molecule has 1 aliphatic heterocycles. The maximum atomic E-state index is 12.9. The second kappa shape index (κ2) is 12.6. The zero-order valence-electron chi connectivity index (χ0n) is 17.6. The van der Waals surface area contributed by atoms with E-state index in [9.17, 15) is 13.2 Å². The van der Waals surface area contributed by atoms with Crippen LogP contribution in [-0.4, -0.2) is 58.1 Å². The highest BCUT2D eigenvalue weighted by atomic mass is 19.4. The Labute approximate surface area is 176 Å². The smallest absolute Gasteiger partial charge is 0.416 e. The van der Waals surface area contributed by atoms with Crippen molar-refractivity contribution >= 4 is 5.96 Å². The van der Waals surface area contributed by atoms with Gasteiger partial charge in [-0.05, 0) is 43.9 Å². The van der Waals surface area contributed by atoms with Crippen LogP contribution in [0.15, 0.2) is 29.3 Å². The molecule has 0 aromatic heterocycles. The molecule has 1 saturated heterocycles. The van der Waals surface area contributed by atoms with Crippen LogP contribution < -0.4 is 15.4 Å². The molecule has 0 aliphatic carbocycles. The van der Waals surface area contributed by atoms with E-state index in [0.717, 1.165) is 44.6 Å². The van der Waals surface area contributed by atoms with Gasteiger partial charge in [0.05, 0.1) is 18.2 Å². The normalized spacial score (nSPS) is 16.9. The monoisotopic (exact) mass is 431 g/mol. The molecule has 30 heavy (non-hydrogen) atoms. The number of rotatable bonds is 10. The first-order chi connectivity index (χ1) is 14.4. The first kappa shape index (κ1) is 24.3. The van der Waals surface area contributed by atoms with Crippen LogP contribution in [-0.2, 0) is 15.7 Å². The summed E-state index contributed by atoms with van der Waals surface area (Å²) < 4.78 is 55.5. The number of halogens is 3. The molecule has 2 N–H and O–H groups in total. The number of benzene rings is 1. The van der Waals surface area contributed by atoms with Gasteiger partial charge in [-0.25, -0.2) is 0 Å². The molecule has 0 amide bonds. The van der Waals surface area contributed by atoms with E-state index < -0.39 is 11.7 Å². The number of nitrogens with one attached hydrogen (secondary N) is 2. The minimum absolute atomic E-state index is 0.201. The fraction of sp³-hybridized carbons (Fsp3) is 0.667. The first-order valence-electron chi connectivity index (χ1n) is 10.4. The van der Waals surface area contributed by atoms with Gasteiger partial charge in [0.1, 0.15) is 11.9 Å². The third kappa shape index (κ3) is 8.79. The molecular formula is C21H32F3N3O3. The van der Waals surface area contributed by atoms with Crippen LogP contribution >= 0.6 is 0 Å². The topological polar surface area (TPSA) is 64.1 Å². The minimum Gasteiger partial charge on any atom is -0.489 e. The minimum atomic E-state index is -4.39. The summed E-state index contributed by atoms with van der Waals surface area (Å²) in [6.07, 6.45) is -1.02. The Hall–Kier alpha value is -2.00. The van der Waals surface area contributed by atoms with Gasteiger partial charge in [0, 0.05) is 33.4 Å². The molecular weight excluding hydrogens is 399 g/mol. The van der Waals surface area contributed by atoms with Crippen LogP contribution in [0.25, 0.3) is 0 Å². The standard InChI is InChI=1S/C21H32F3N3O3/c1-3-17(30-19-7-4-6-16(14-19)21(22,23)24)15-27-20(25-2)26-10-5-11-29-18-8-12-28-13-9-18/h4,6-7,14,17-18H,3,5,8-13,15H2,1-2H3,(H2,25,26,27). The highest BCUT2D eigenvalue weighted by Crippen LogP contribution is 2.31. The Balaban J connectivity index is 1.69. The average molecular weight is 431 g/mol. The van der Waals surface area contributed by atoms with Gasteiger partial charge in [0.25, 0.3) is 0 Å². The number of hydrogen-bond acceptors (Lipinski definition) is 4. The van der Waals surface area contributed by atoms with Crippen LogP contribution in [0.3, 0.4) is 0 Å². The van der Waals surface area contributed by atoms with Gasteiger partial charge in [-0.15, -0.1) is 0 Å². The molecule has 2 rings (SSSR count). The molecule has 0 bridgehead atoms. The summed E-state index contributed by atoms with van der Waals surface area (Å²) in [7, 11) is 1.67. The van der Waals surface area contributed by atoms with E-state index in [1.54, 1.807) is 7.05 Å². The number of alkyl halides is 3. The molecule has 1 atom stereocenters. The summed E-state index contributed by atoms with van der Waals surface area (Å²) >= 11 is 0. The van der Waals surface area contributed by atoms with E-state index in [-0.39, 0.29) is 18.0 Å². The highest BCUT2D eigenvalue weighted by Gasteiger charge is 2.30. The summed E-state index contributed by atoms with van der Waals surface area (Å²) in [6, 6.07) is 4.93. The van der Waals surface area contributed by atoms with Gasteiger partial charge in [-0.3, -0.25) is 4.99 Å². The predicted molar refractivity (Wildman–Crippen MR) is 110 cm³/mol. The largest absolute Gasteiger partial charge is 0.489 e. The lowest BCUT2D eigenvalue weighted by Crippen LogP contribution is -2.43. The Morgan fingerprint density at radius 3 is 2.70 bits per heavy atom. The molecule has 0 spiro atoms. The Bertz CT molecular complexity index is 650. The van der Waals surface area contributed by atoms with Crippen molar-refractivity contribution in [3.63, 3.8) is 0 Å². The van der Waals surface area contributed by atoms with Crippen molar-refractivity contribution in [2.75, 3.05) is 40.0 Å². The summed E-state index contributed by atoms with van der Waals surface area (Å²) in [5.41, 5.74) is -0.719. The molecule has 1 unspecified atom stereocenters. The second-order valence-electron chi connectivity index (χ2n) is 7.09. The SMILES string of the molecule is CCC(CNC(=NC)NCCCOC1CCOCC1)Oc1cccc(C(F)(F)F)c1. The van der Waals surface area contributed by atoms with Gasteiger partial charge in [-0.2, -0.15) is 13.2 Å². The van der Waals surface area contributed by atoms with E-state index in [1.807, 2.05) is 6.92 Å². The lowest BCUT2D eigenvalue weighted by molar-refractivity contribution is -0.137. The van der Waals surface area contributed by atoms with E-state index in [0.29, 0.717) is 32.1 Å². The van der Waals surface area contributed by atoms with Crippen molar-refractivity contribution in [1.82, 2.24) is 10.6 Å². The Morgan fingerprint density at radius 2 is 2.03 bits per heavy atom. The maximum Gasteiger partial charge on any atom is 0.416 e. The zero-order chi connectivity index (χ0) is 21.8. The fourth-order valence-electron chi connectivity index (χ4n) is 3.01. The molecule has 0 saturated carbocycles. The molecule has 170 valence electrons. The Kier molecular flexibility index (Phi) is 10.2. The number of aliphatic imine (C=N–C) groups is 1. The van der Waals surface area contributed by atoms with Crippen molar-refractivity contribution in [2.45, 2.75) is 51.0 Å². The first-order valence-corrected chi connectivity index (χ1v) is 10.4. The summed E-state index contributed by atoms with van der Waals surface area (Å²) in [5, 5.41) is 6.37. The molecule has 6 nitrogen and oxygen atoms in total. The molecule has 1 aromatic carbocycles. The summed E-state index contributed by atoms with van der Waals surface area (Å²) in [5.74, 6) is 0.818. The van der Waals surface area contributed by atoms with Gasteiger partial charge >= 0.3 is 6.18 Å². The van der Waals surface area contributed by atoms with Crippen LogP contribution in [0.1, 0.15) is 38.2 Å². The number of ether oxygens (including phenoxy) is 3. The lowest BCUT2D eigenvalue weighted by Gasteiger charge is -2.22. The van der Waals surface area contributed by atoms with Gasteiger partial charge in [0.2, 0.25) is 0 Å². The van der Waals surface area contributed by atoms with Crippen LogP contribution in [0, 0.1) is 0 Å². The van der Waals surface area contributed by atoms with Crippen molar-refractivity contribution in [1.29, 1.82) is 0 Å². The van der Waals surface area contributed by atoms with Crippen LogP contribution in [0.2, 0.25) is 0 Å². The van der Waals surface area contributed by atoms with Crippen LogP contribution in [0.4, 0.5) is 13.2 Å². The lowest BCUT2D eigenvalue weighted by atomic mass is 10.1. The van der Waals surface area contributed by atoms with Crippen LogP contribution in [0.5, 0.6) is 5.75 Å². The second-order valence-corrected chi connectivity index (χ2v) is 7.09. The van der Waals surface area contributed by atoms with Crippen molar-refractivity contribution in [2.24, 2.45) is 4.99 Å². The number of guanidine groups is 1. The third-order valence-corrected chi connectivity index (χ3v) is 4.78.